The molecule has 2 aromatic heterocycles. The van der Waals surface area contributed by atoms with Crippen molar-refractivity contribution in [1.29, 1.82) is 0 Å². The highest BCUT2D eigenvalue weighted by molar-refractivity contribution is 14.1. The summed E-state index contributed by atoms with van der Waals surface area (Å²) in [5.74, 6) is 0.539. The number of imidazole rings is 1. The molecule has 0 spiro atoms. The van der Waals surface area contributed by atoms with Crippen LogP contribution in [0.3, 0.4) is 0 Å². The van der Waals surface area contributed by atoms with Gasteiger partial charge in [-0.15, -0.1) is 0 Å². The van der Waals surface area contributed by atoms with Gasteiger partial charge in [-0.05, 0) is 22.6 Å². The molecule has 0 radical (unpaired) electrons. The van der Waals surface area contributed by atoms with E-state index in [-0.39, 0.29) is 5.69 Å². The van der Waals surface area contributed by atoms with Gasteiger partial charge >= 0.3 is 5.69 Å². The number of nitrogens with zero attached hydrogens (tertiary/aromatic N) is 2. The highest BCUT2D eigenvalue weighted by Gasteiger charge is 1.98. The second-order valence-electron chi connectivity index (χ2n) is 2.85. The van der Waals surface area contributed by atoms with Crippen molar-refractivity contribution < 1.29 is 0 Å². The number of nitrogens with one attached hydrogen (secondary N) is 3. The molecule has 6 nitrogen and oxygen atoms in total. The van der Waals surface area contributed by atoms with Gasteiger partial charge in [-0.3, -0.25) is 0 Å². The Labute approximate surface area is 98.7 Å². The third kappa shape index (κ3) is 2.78. The van der Waals surface area contributed by atoms with Crippen LogP contribution in [0.1, 0.15) is 5.69 Å². The van der Waals surface area contributed by atoms with Gasteiger partial charge in [0.05, 0.1) is 12.2 Å². The van der Waals surface area contributed by atoms with Gasteiger partial charge in [0.1, 0.15) is 0 Å². The average Bonchev–Trinajstić information content (AvgIpc) is 2.64. The molecule has 0 amide bonds. The number of hydrogen-bond donors (Lipinski definition) is 3. The van der Waals surface area contributed by atoms with E-state index in [0.717, 1.165) is 9.26 Å². The maximum absolute atomic E-state index is 10.8. The summed E-state index contributed by atoms with van der Waals surface area (Å²) >= 11 is 2.13. The molecule has 15 heavy (non-hydrogen) atoms. The van der Waals surface area contributed by atoms with Crippen molar-refractivity contribution >= 4 is 28.5 Å². The van der Waals surface area contributed by atoms with Crippen LogP contribution in [0.4, 0.5) is 5.95 Å². The Morgan fingerprint density at radius 3 is 2.73 bits per heavy atom. The Bertz CT molecular complexity index is 488. The third-order valence-corrected chi connectivity index (χ3v) is 2.27. The summed E-state index contributed by atoms with van der Waals surface area (Å²) in [6.45, 7) is 0.485. The highest BCUT2D eigenvalue weighted by Crippen LogP contribution is 2.03. The number of hydrogen-bond acceptors (Lipinski definition) is 4. The van der Waals surface area contributed by atoms with Crippen molar-refractivity contribution in [3.63, 3.8) is 0 Å². The van der Waals surface area contributed by atoms with Crippen molar-refractivity contribution in [2.45, 2.75) is 6.54 Å². The van der Waals surface area contributed by atoms with Crippen LogP contribution in [0.5, 0.6) is 0 Å². The van der Waals surface area contributed by atoms with E-state index in [4.69, 9.17) is 0 Å². The zero-order valence-corrected chi connectivity index (χ0v) is 9.78. The van der Waals surface area contributed by atoms with E-state index in [9.17, 15) is 4.79 Å². The second-order valence-corrected chi connectivity index (χ2v) is 4.09. The molecular weight excluding hydrogens is 309 g/mol. The molecule has 0 bridgehead atoms. The van der Waals surface area contributed by atoms with Crippen LogP contribution in [0.15, 0.2) is 23.4 Å². The molecular formula is C8H8IN5O. The highest BCUT2D eigenvalue weighted by atomic mass is 127. The summed E-state index contributed by atoms with van der Waals surface area (Å²) in [6.07, 6.45) is 5.05. The van der Waals surface area contributed by atoms with Crippen LogP contribution in [0, 0.1) is 3.57 Å². The Balaban J connectivity index is 1.99. The molecule has 3 N–H and O–H groups in total. The molecule has 0 saturated carbocycles. The fourth-order valence-electron chi connectivity index (χ4n) is 1.04. The number of anilines is 1. The monoisotopic (exact) mass is 317 g/mol. The number of rotatable bonds is 3. The van der Waals surface area contributed by atoms with E-state index in [1.54, 1.807) is 18.6 Å². The molecule has 0 atom stereocenters. The predicted molar refractivity (Wildman–Crippen MR) is 63.5 cm³/mol. The van der Waals surface area contributed by atoms with E-state index in [1.807, 2.05) is 0 Å². The first-order valence-corrected chi connectivity index (χ1v) is 5.30. The van der Waals surface area contributed by atoms with Crippen LogP contribution in [0.25, 0.3) is 0 Å². The SMILES string of the molecule is O=c1[nH]cc(CNc2ncc(I)cn2)[nH]1. The molecule has 2 rings (SSSR count). The van der Waals surface area contributed by atoms with E-state index in [2.05, 4.69) is 47.8 Å². The summed E-state index contributed by atoms with van der Waals surface area (Å²) in [5.41, 5.74) is 0.553. The van der Waals surface area contributed by atoms with Crippen molar-refractivity contribution in [3.8, 4) is 0 Å². The van der Waals surface area contributed by atoms with E-state index >= 15 is 0 Å². The first-order chi connectivity index (χ1) is 7.24. The Morgan fingerprint density at radius 2 is 2.13 bits per heavy atom. The zero-order valence-electron chi connectivity index (χ0n) is 7.62. The summed E-state index contributed by atoms with van der Waals surface area (Å²) in [5, 5.41) is 2.99. The Kier molecular flexibility index (Phi) is 2.99. The van der Waals surface area contributed by atoms with Gasteiger partial charge in [-0.25, -0.2) is 14.8 Å². The lowest BCUT2D eigenvalue weighted by Crippen LogP contribution is -2.06. The van der Waals surface area contributed by atoms with Crippen LogP contribution >= 0.6 is 22.6 Å². The maximum Gasteiger partial charge on any atom is 0.323 e. The quantitative estimate of drug-likeness (QED) is 0.728. The van der Waals surface area contributed by atoms with Gasteiger partial charge in [0.15, 0.2) is 0 Å². The van der Waals surface area contributed by atoms with Crippen LogP contribution in [-0.2, 0) is 6.54 Å². The number of H-pyrrole nitrogens is 2. The molecule has 0 fully saturated rings. The molecule has 2 heterocycles. The molecule has 78 valence electrons. The first-order valence-electron chi connectivity index (χ1n) is 4.22. The molecule has 7 heteroatoms. The molecule has 0 aliphatic heterocycles. The van der Waals surface area contributed by atoms with Crippen LogP contribution < -0.4 is 11.0 Å². The lowest BCUT2D eigenvalue weighted by molar-refractivity contribution is 1.01. The number of aromatic amines is 2. The Hall–Kier alpha value is -1.38. The normalized spacial score (nSPS) is 10.2. The molecule has 0 aromatic carbocycles. The average molecular weight is 317 g/mol. The summed E-state index contributed by atoms with van der Waals surface area (Å²) in [4.78, 5) is 24.1. The number of aromatic nitrogens is 4. The minimum absolute atomic E-state index is 0.213. The first kappa shape index (κ1) is 10.1. The molecule has 2 aromatic rings. The fourth-order valence-corrected chi connectivity index (χ4v) is 1.32. The van der Waals surface area contributed by atoms with Gasteiger partial charge < -0.3 is 15.3 Å². The van der Waals surface area contributed by atoms with Gasteiger partial charge in [-0.1, -0.05) is 0 Å². The largest absolute Gasteiger partial charge is 0.349 e. The van der Waals surface area contributed by atoms with Crippen LogP contribution in [0.2, 0.25) is 0 Å². The maximum atomic E-state index is 10.8. The molecule has 0 unspecified atom stereocenters. The van der Waals surface area contributed by atoms with Gasteiger partial charge in [0, 0.05) is 22.2 Å². The summed E-state index contributed by atoms with van der Waals surface area (Å²) in [7, 11) is 0. The van der Waals surface area contributed by atoms with Crippen molar-refractivity contribution in [2.24, 2.45) is 0 Å². The number of halogens is 1. The van der Waals surface area contributed by atoms with Crippen LogP contribution in [-0.4, -0.2) is 19.9 Å². The molecule has 0 aliphatic carbocycles. The summed E-state index contributed by atoms with van der Waals surface area (Å²) < 4.78 is 0.980. The van der Waals surface area contributed by atoms with Crippen molar-refractivity contribution in [2.75, 3.05) is 5.32 Å². The minimum atomic E-state index is -0.213. The lowest BCUT2D eigenvalue weighted by atomic mass is 10.5. The Morgan fingerprint density at radius 1 is 1.40 bits per heavy atom. The summed E-state index contributed by atoms with van der Waals surface area (Å²) in [6, 6.07) is 0. The smallest absolute Gasteiger partial charge is 0.323 e. The van der Waals surface area contributed by atoms with E-state index < -0.39 is 0 Å². The van der Waals surface area contributed by atoms with E-state index in [1.165, 1.54) is 0 Å². The second kappa shape index (κ2) is 4.43. The molecule has 0 saturated heterocycles. The predicted octanol–water partition coefficient (Wildman–Crippen LogP) is 0.710. The topological polar surface area (TPSA) is 86.5 Å². The van der Waals surface area contributed by atoms with Gasteiger partial charge in [-0.2, -0.15) is 0 Å². The lowest BCUT2D eigenvalue weighted by Gasteiger charge is -2.01. The van der Waals surface area contributed by atoms with Gasteiger partial charge in [0.2, 0.25) is 5.95 Å². The van der Waals surface area contributed by atoms with Gasteiger partial charge in [0.25, 0.3) is 0 Å². The third-order valence-electron chi connectivity index (χ3n) is 1.71. The molecule has 0 aliphatic rings. The minimum Gasteiger partial charge on any atom is -0.349 e. The van der Waals surface area contributed by atoms with E-state index in [0.29, 0.717) is 12.5 Å². The zero-order chi connectivity index (χ0) is 10.7. The van der Waals surface area contributed by atoms with Crippen molar-refractivity contribution in [1.82, 2.24) is 19.9 Å². The van der Waals surface area contributed by atoms with Crippen molar-refractivity contribution in [3.05, 3.63) is 38.3 Å². The fraction of sp³-hybridized carbons (Fsp3) is 0.125. The standard InChI is InChI=1S/C8H8IN5O/c9-5-1-10-7(11-2-5)12-3-6-4-13-8(15)14-6/h1-2,4H,3H2,(H,10,11,12)(H2,13,14,15).